The highest BCUT2D eigenvalue weighted by Crippen LogP contribution is 2.35. The largest absolute Gasteiger partial charge is 0.573 e. The Hall–Kier alpha value is -1.91. The van der Waals surface area contributed by atoms with Crippen LogP contribution >= 0.6 is 0 Å². The number of hydrogen-bond donors (Lipinski definition) is 0. The molecule has 0 spiro atoms. The predicted octanol–water partition coefficient (Wildman–Crippen LogP) is 3.29. The highest BCUT2D eigenvalue weighted by atomic mass is 19.4. The summed E-state index contributed by atoms with van der Waals surface area (Å²) in [5.41, 5.74) is -1.29. The molecule has 0 aliphatic rings. The molecule has 0 aliphatic heterocycles. The van der Waals surface area contributed by atoms with Crippen molar-refractivity contribution >= 4 is 0 Å². The Labute approximate surface area is 98.8 Å². The minimum absolute atomic E-state index is 0.0279. The molecule has 0 fully saturated rings. The lowest BCUT2D eigenvalue weighted by molar-refractivity contribution is -0.275. The number of alkyl halides is 5. The molecule has 0 aliphatic carbocycles. The maximum Gasteiger partial charge on any atom is 0.573 e. The summed E-state index contributed by atoms with van der Waals surface area (Å²) in [6.45, 7) is 1.10. The first kappa shape index (κ1) is 14.2. The van der Waals surface area contributed by atoms with Crippen LogP contribution in [0.25, 0.3) is 0 Å². The quantitative estimate of drug-likeness (QED) is 0.788. The highest BCUT2D eigenvalue weighted by molar-refractivity contribution is 5.40. The summed E-state index contributed by atoms with van der Waals surface area (Å²) in [4.78, 5) is 3.61. The van der Waals surface area contributed by atoms with Gasteiger partial charge in [-0.25, -0.2) is 8.78 Å². The van der Waals surface area contributed by atoms with Crippen molar-refractivity contribution in [1.29, 1.82) is 5.26 Å². The highest BCUT2D eigenvalue weighted by Gasteiger charge is 2.34. The minimum atomic E-state index is -5.08. The molecule has 1 aromatic rings. The minimum Gasteiger partial charge on any atom is -0.403 e. The second-order valence-corrected chi connectivity index (χ2v) is 3.30. The zero-order valence-corrected chi connectivity index (χ0v) is 9.05. The molecular formula is C10H7F5N2O. The lowest BCUT2D eigenvalue weighted by Gasteiger charge is -2.15. The molecule has 98 valence electrons. The van der Waals surface area contributed by atoms with Crippen LogP contribution in [0.5, 0.6) is 5.75 Å². The van der Waals surface area contributed by atoms with E-state index in [9.17, 15) is 22.0 Å². The number of nitriles is 1. The number of ether oxygens (including phenoxy) is 1. The molecule has 1 heterocycles. The lowest BCUT2D eigenvalue weighted by atomic mass is 10.1. The van der Waals surface area contributed by atoms with Gasteiger partial charge >= 0.3 is 6.36 Å². The molecule has 0 amide bonds. The van der Waals surface area contributed by atoms with Gasteiger partial charge in [-0.3, -0.25) is 4.98 Å². The Morgan fingerprint density at radius 3 is 2.50 bits per heavy atom. The molecule has 0 aromatic carbocycles. The van der Waals surface area contributed by atoms with E-state index in [1.54, 1.807) is 6.07 Å². The molecule has 0 N–H and O–H groups in total. The molecule has 1 rings (SSSR count). The number of halogens is 5. The SMILES string of the molecule is Cc1nc(CC#N)cc(C(F)F)c1OC(F)(F)F. The first-order valence-electron chi connectivity index (χ1n) is 4.66. The van der Waals surface area contributed by atoms with Crippen molar-refractivity contribution in [3.63, 3.8) is 0 Å². The van der Waals surface area contributed by atoms with Gasteiger partial charge in [-0.1, -0.05) is 0 Å². The summed E-state index contributed by atoms with van der Waals surface area (Å²) in [6.07, 6.45) is -8.50. The molecule has 8 heteroatoms. The standard InChI is InChI=1S/C10H7F5N2O/c1-5-8(18-10(13,14)15)7(9(11)12)4-6(17-5)2-3-16/h4,9H,2H2,1H3. The van der Waals surface area contributed by atoms with Gasteiger partial charge in [0, 0.05) is 0 Å². The van der Waals surface area contributed by atoms with E-state index in [0.717, 1.165) is 13.0 Å². The molecule has 0 radical (unpaired) electrons. The monoisotopic (exact) mass is 266 g/mol. The van der Waals surface area contributed by atoms with Crippen LogP contribution in [0.15, 0.2) is 6.07 Å². The summed E-state index contributed by atoms with van der Waals surface area (Å²) in [5, 5.41) is 8.41. The molecule has 0 atom stereocenters. The fourth-order valence-electron chi connectivity index (χ4n) is 1.33. The normalized spacial score (nSPS) is 11.4. The molecule has 3 nitrogen and oxygen atoms in total. The molecule has 18 heavy (non-hydrogen) atoms. The Bertz CT molecular complexity index is 478. The number of pyridine rings is 1. The summed E-state index contributed by atoms with van der Waals surface area (Å²) < 4.78 is 65.0. The van der Waals surface area contributed by atoms with E-state index in [2.05, 4.69) is 9.72 Å². The summed E-state index contributed by atoms with van der Waals surface area (Å²) in [7, 11) is 0. The van der Waals surface area contributed by atoms with E-state index < -0.39 is 24.1 Å². The van der Waals surface area contributed by atoms with Crippen LogP contribution in [0, 0.1) is 18.3 Å². The fourth-order valence-corrected chi connectivity index (χ4v) is 1.33. The smallest absolute Gasteiger partial charge is 0.403 e. The Kier molecular flexibility index (Phi) is 4.06. The third-order valence-corrected chi connectivity index (χ3v) is 1.94. The molecule has 0 bridgehead atoms. The third kappa shape index (κ3) is 3.55. The van der Waals surface area contributed by atoms with Gasteiger partial charge in [-0.2, -0.15) is 5.26 Å². The number of hydrogen-bond acceptors (Lipinski definition) is 3. The summed E-state index contributed by atoms with van der Waals surface area (Å²) in [5.74, 6) is -1.01. The topological polar surface area (TPSA) is 45.9 Å². The van der Waals surface area contributed by atoms with Gasteiger partial charge in [0.15, 0.2) is 5.75 Å². The zero-order chi connectivity index (χ0) is 13.9. The summed E-state index contributed by atoms with van der Waals surface area (Å²) in [6, 6.07) is 2.41. The molecule has 0 unspecified atom stereocenters. The van der Waals surface area contributed by atoms with E-state index in [1.807, 2.05) is 0 Å². The van der Waals surface area contributed by atoms with Gasteiger partial charge in [-0.15, -0.1) is 13.2 Å². The van der Waals surface area contributed by atoms with Crippen molar-refractivity contribution in [3.05, 3.63) is 23.0 Å². The third-order valence-electron chi connectivity index (χ3n) is 1.94. The van der Waals surface area contributed by atoms with Crippen molar-refractivity contribution in [2.45, 2.75) is 26.1 Å². The second-order valence-electron chi connectivity index (χ2n) is 3.30. The van der Waals surface area contributed by atoms with Crippen molar-refractivity contribution in [3.8, 4) is 11.8 Å². The van der Waals surface area contributed by atoms with Gasteiger partial charge in [0.2, 0.25) is 0 Å². The first-order valence-corrected chi connectivity index (χ1v) is 4.66. The number of rotatable bonds is 3. The van der Waals surface area contributed by atoms with E-state index in [1.165, 1.54) is 0 Å². The van der Waals surface area contributed by atoms with Crippen molar-refractivity contribution in [2.75, 3.05) is 0 Å². The van der Waals surface area contributed by atoms with Crippen molar-refractivity contribution in [1.82, 2.24) is 4.98 Å². The zero-order valence-electron chi connectivity index (χ0n) is 9.05. The van der Waals surface area contributed by atoms with Gasteiger partial charge in [0.1, 0.15) is 0 Å². The van der Waals surface area contributed by atoms with Crippen LogP contribution in [0.1, 0.15) is 23.4 Å². The molecule has 0 saturated heterocycles. The van der Waals surface area contributed by atoms with Crippen LogP contribution < -0.4 is 4.74 Å². The predicted molar refractivity (Wildman–Crippen MR) is 49.9 cm³/mol. The Morgan fingerprint density at radius 1 is 1.44 bits per heavy atom. The number of nitrogens with zero attached hydrogens (tertiary/aromatic N) is 2. The van der Waals surface area contributed by atoms with E-state index in [0.29, 0.717) is 0 Å². The number of aryl methyl sites for hydroxylation is 1. The molecule has 1 aromatic heterocycles. The van der Waals surface area contributed by atoms with Gasteiger partial charge in [-0.05, 0) is 13.0 Å². The van der Waals surface area contributed by atoms with Crippen LogP contribution in [0.2, 0.25) is 0 Å². The molecule has 0 saturated carbocycles. The summed E-state index contributed by atoms with van der Waals surface area (Å²) >= 11 is 0. The van der Waals surface area contributed by atoms with Gasteiger partial charge in [0.05, 0.1) is 29.4 Å². The fraction of sp³-hybridized carbons (Fsp3) is 0.400. The molecular weight excluding hydrogens is 259 g/mol. The van der Waals surface area contributed by atoms with E-state index in [4.69, 9.17) is 5.26 Å². The second kappa shape index (κ2) is 5.16. The van der Waals surface area contributed by atoms with Crippen LogP contribution in [-0.4, -0.2) is 11.3 Å². The van der Waals surface area contributed by atoms with E-state index in [-0.39, 0.29) is 17.8 Å². The number of aromatic nitrogens is 1. The maximum absolute atomic E-state index is 12.6. The Balaban J connectivity index is 3.28. The van der Waals surface area contributed by atoms with E-state index >= 15 is 0 Å². The average Bonchev–Trinajstić information content (AvgIpc) is 2.20. The van der Waals surface area contributed by atoms with Crippen LogP contribution in [0.4, 0.5) is 22.0 Å². The average molecular weight is 266 g/mol. The first-order chi connectivity index (χ1) is 8.24. The Morgan fingerprint density at radius 2 is 2.06 bits per heavy atom. The van der Waals surface area contributed by atoms with Gasteiger partial charge < -0.3 is 4.74 Å². The van der Waals surface area contributed by atoms with Gasteiger partial charge in [0.25, 0.3) is 6.43 Å². The van der Waals surface area contributed by atoms with Crippen molar-refractivity contribution < 1.29 is 26.7 Å². The van der Waals surface area contributed by atoms with Crippen LogP contribution in [0.3, 0.4) is 0 Å². The lowest BCUT2D eigenvalue weighted by Crippen LogP contribution is -2.19. The maximum atomic E-state index is 12.6. The van der Waals surface area contributed by atoms with Crippen LogP contribution in [-0.2, 0) is 6.42 Å². The van der Waals surface area contributed by atoms with Crippen molar-refractivity contribution in [2.24, 2.45) is 0 Å².